The Hall–Kier alpha value is -0.0900. The van der Waals surface area contributed by atoms with E-state index in [1.165, 1.54) is 83.5 Å². The summed E-state index contributed by atoms with van der Waals surface area (Å²) in [5, 5.41) is 18.9. The number of unbranched alkanes of at least 4 members (excludes halogenated alkanes) is 13. The number of nitrogens with zero attached hydrogens (tertiary/aromatic N) is 1. The molecule has 0 aromatic carbocycles. The lowest BCUT2D eigenvalue weighted by Crippen LogP contribution is -3.00. The third-order valence-corrected chi connectivity index (χ3v) is 4.78. The topological polar surface area (TPSA) is 40.5 Å². The molecular weight excluding hydrogens is 334 g/mol. The van der Waals surface area contributed by atoms with E-state index in [1.54, 1.807) is 6.92 Å². The number of halogens is 1. The fourth-order valence-electron chi connectivity index (χ4n) is 2.95. The van der Waals surface area contributed by atoms with Gasteiger partial charge >= 0.3 is 0 Å². The molecule has 0 rings (SSSR count). The molecule has 0 fully saturated rings. The van der Waals surface area contributed by atoms with Crippen LogP contribution in [-0.4, -0.2) is 28.3 Å². The van der Waals surface area contributed by atoms with Gasteiger partial charge in [-0.1, -0.05) is 76.9 Å². The second kappa shape index (κ2) is 20.2. The Balaban J connectivity index is 0. The molecule has 0 aromatic heterocycles. The zero-order valence-electron chi connectivity index (χ0n) is 16.9. The van der Waals surface area contributed by atoms with Crippen molar-refractivity contribution in [1.82, 2.24) is 0 Å². The first kappa shape index (κ1) is 27.1. The van der Waals surface area contributed by atoms with Gasteiger partial charge in [-0.05, 0) is 43.8 Å². The van der Waals surface area contributed by atoms with E-state index in [1.807, 2.05) is 0 Å². The second-order valence-electron chi connectivity index (χ2n) is 7.21. The highest BCUT2D eigenvalue weighted by Gasteiger charge is 2.17. The number of rotatable bonds is 18. The molecule has 152 valence electrons. The Labute approximate surface area is 163 Å². The van der Waals surface area contributed by atoms with Crippen LogP contribution < -0.4 is 12.4 Å². The maximum Gasteiger partial charge on any atom is 0.142 e. The molecule has 25 heavy (non-hydrogen) atoms. The average molecular weight is 378 g/mol. The molecule has 0 aliphatic rings. The van der Waals surface area contributed by atoms with E-state index in [-0.39, 0.29) is 12.4 Å². The van der Waals surface area contributed by atoms with Crippen molar-refractivity contribution < 1.29 is 27.6 Å². The lowest BCUT2D eigenvalue weighted by molar-refractivity contribution is -1.24. The minimum atomic E-state index is -0.814. The molecule has 4 heteroatoms. The molecule has 0 bridgehead atoms. The first-order chi connectivity index (χ1) is 11.6. The Kier molecular flexibility index (Phi) is 21.9. The summed E-state index contributed by atoms with van der Waals surface area (Å²) in [6.07, 6.45) is 24.1. The molecule has 0 heterocycles. The highest BCUT2D eigenvalue weighted by atomic mass is 35.5. The Bertz CT molecular complexity index is 283. The third-order valence-electron chi connectivity index (χ3n) is 4.78. The van der Waals surface area contributed by atoms with E-state index in [4.69, 9.17) is 0 Å². The quantitative estimate of drug-likeness (QED) is 0.164. The van der Waals surface area contributed by atoms with Crippen LogP contribution in [0.4, 0.5) is 0 Å². The van der Waals surface area contributed by atoms with Gasteiger partial charge in [0.25, 0.3) is 0 Å². The first-order valence-corrected chi connectivity index (χ1v) is 10.6. The van der Waals surface area contributed by atoms with Crippen molar-refractivity contribution in [3.63, 3.8) is 0 Å². The van der Waals surface area contributed by atoms with Crippen LogP contribution in [0.15, 0.2) is 12.2 Å². The minimum Gasteiger partial charge on any atom is -1.00 e. The zero-order valence-corrected chi connectivity index (χ0v) is 17.7. The molecule has 0 saturated carbocycles. The smallest absolute Gasteiger partial charge is 0.142 e. The summed E-state index contributed by atoms with van der Waals surface area (Å²) < 4.78 is 0. The molecule has 3 nitrogen and oxygen atoms in total. The van der Waals surface area contributed by atoms with Gasteiger partial charge in [0.05, 0.1) is 0 Å². The monoisotopic (exact) mass is 377 g/mol. The first-order valence-electron chi connectivity index (χ1n) is 10.6. The Morgan fingerprint density at radius 2 is 1.00 bits per heavy atom. The van der Waals surface area contributed by atoms with Crippen LogP contribution in [0.3, 0.4) is 0 Å². The second-order valence-corrected chi connectivity index (χ2v) is 7.21. The average Bonchev–Trinajstić information content (AvgIpc) is 2.57. The van der Waals surface area contributed by atoms with Crippen LogP contribution in [0.1, 0.15) is 110 Å². The fraction of sp³-hybridized carbons (Fsp3) is 0.905. The summed E-state index contributed by atoms with van der Waals surface area (Å²) in [4.78, 5) is -0.814. The van der Waals surface area contributed by atoms with Crippen molar-refractivity contribution in [3.8, 4) is 0 Å². The van der Waals surface area contributed by atoms with Crippen LogP contribution in [-0.2, 0) is 0 Å². The number of quaternary nitrogens is 1. The van der Waals surface area contributed by atoms with Gasteiger partial charge in [-0.25, -0.2) is 0 Å². The molecule has 0 spiro atoms. The van der Waals surface area contributed by atoms with Gasteiger partial charge in [0.2, 0.25) is 0 Å². The maximum absolute atomic E-state index is 9.44. The molecule has 2 N–H and O–H groups in total. The molecule has 0 aliphatic carbocycles. The highest BCUT2D eigenvalue weighted by molar-refractivity contribution is 4.81. The lowest BCUT2D eigenvalue weighted by Gasteiger charge is -2.18. The lowest BCUT2D eigenvalue weighted by atomic mass is 10.1. The minimum absolute atomic E-state index is 0. The zero-order chi connectivity index (χ0) is 17.9. The summed E-state index contributed by atoms with van der Waals surface area (Å²) in [6, 6.07) is 0. The molecule has 0 atom stereocenters. The summed E-state index contributed by atoms with van der Waals surface area (Å²) >= 11 is 0. The molecule has 0 saturated heterocycles. The van der Waals surface area contributed by atoms with E-state index in [0.29, 0.717) is 13.1 Å². The van der Waals surface area contributed by atoms with Crippen molar-refractivity contribution >= 4 is 0 Å². The number of hydroxylamine groups is 4. The van der Waals surface area contributed by atoms with E-state index < -0.39 is 4.81 Å². The van der Waals surface area contributed by atoms with Gasteiger partial charge < -0.3 is 12.4 Å². The molecule has 0 radical (unpaired) electrons. The molecular formula is C21H44ClNO2. The van der Waals surface area contributed by atoms with Crippen molar-refractivity contribution in [2.24, 2.45) is 0 Å². The predicted octanol–water partition coefficient (Wildman–Crippen LogP) is 4.03. The maximum atomic E-state index is 9.44. The van der Waals surface area contributed by atoms with Crippen LogP contribution in [0.5, 0.6) is 0 Å². The van der Waals surface area contributed by atoms with Gasteiger partial charge in [-0.15, -0.1) is 0 Å². The van der Waals surface area contributed by atoms with Crippen molar-refractivity contribution in [2.75, 3.05) is 13.1 Å². The summed E-state index contributed by atoms with van der Waals surface area (Å²) in [7, 11) is 0. The van der Waals surface area contributed by atoms with Gasteiger partial charge in [0, 0.05) is 6.42 Å². The fourth-order valence-corrected chi connectivity index (χ4v) is 2.95. The normalized spacial score (nSPS) is 11.8. The van der Waals surface area contributed by atoms with E-state index in [2.05, 4.69) is 19.1 Å². The number of hydrogen-bond acceptors (Lipinski definition) is 2. The molecule has 0 unspecified atom stereocenters. The van der Waals surface area contributed by atoms with E-state index in [0.717, 1.165) is 12.8 Å². The van der Waals surface area contributed by atoms with Crippen LogP contribution in [0, 0.1) is 0 Å². The molecule has 0 aliphatic heterocycles. The van der Waals surface area contributed by atoms with E-state index in [9.17, 15) is 10.4 Å². The number of allylic oxidation sites excluding steroid dienone is 2. The Morgan fingerprint density at radius 1 is 0.600 bits per heavy atom. The molecule has 0 aromatic rings. The van der Waals surface area contributed by atoms with Gasteiger partial charge in [0.1, 0.15) is 13.1 Å². The summed E-state index contributed by atoms with van der Waals surface area (Å²) in [5.41, 5.74) is 0. The van der Waals surface area contributed by atoms with Gasteiger partial charge in [-0.2, -0.15) is 10.4 Å². The number of hydrogen-bond donors (Lipinski definition) is 2. The van der Waals surface area contributed by atoms with Gasteiger partial charge in [-0.3, -0.25) is 0 Å². The standard InChI is InChI=1S/C21H44NO2.ClH/c1-3-5-6-7-8-9-10-11-12-13-14-15-16-17-18-19-20-21-22(23,24)4-2;/h11-12,23-24H,3-10,13-21H2,1-2H3;1H/q+1;/p-1/b12-11-;. The van der Waals surface area contributed by atoms with Crippen LogP contribution >= 0.6 is 0 Å². The largest absolute Gasteiger partial charge is 1.00 e. The summed E-state index contributed by atoms with van der Waals surface area (Å²) in [6.45, 7) is 4.89. The van der Waals surface area contributed by atoms with Crippen molar-refractivity contribution in [2.45, 2.75) is 110 Å². The van der Waals surface area contributed by atoms with Crippen molar-refractivity contribution in [1.29, 1.82) is 0 Å². The highest BCUT2D eigenvalue weighted by Crippen LogP contribution is 2.11. The van der Waals surface area contributed by atoms with Crippen LogP contribution in [0.25, 0.3) is 0 Å². The third kappa shape index (κ3) is 21.9. The van der Waals surface area contributed by atoms with Gasteiger partial charge in [0.15, 0.2) is 0 Å². The molecule has 0 amide bonds. The summed E-state index contributed by atoms with van der Waals surface area (Å²) in [5.74, 6) is 0. The SMILES string of the molecule is CCCCCCCC/C=C\CCCCCCCCC[N+](O)(O)CC.[Cl-]. The van der Waals surface area contributed by atoms with Crippen molar-refractivity contribution in [3.05, 3.63) is 12.2 Å². The predicted molar refractivity (Wildman–Crippen MR) is 103 cm³/mol. The van der Waals surface area contributed by atoms with E-state index >= 15 is 0 Å². The van der Waals surface area contributed by atoms with Crippen LogP contribution in [0.2, 0.25) is 0 Å². The Morgan fingerprint density at radius 3 is 1.44 bits per heavy atom.